The van der Waals surface area contributed by atoms with E-state index in [9.17, 15) is 4.79 Å². The van der Waals surface area contributed by atoms with Gasteiger partial charge in [-0.1, -0.05) is 19.1 Å². The van der Waals surface area contributed by atoms with Gasteiger partial charge in [0.1, 0.15) is 11.7 Å². The molecule has 0 bridgehead atoms. The Morgan fingerprint density at radius 2 is 2.06 bits per heavy atom. The molecule has 3 heteroatoms. The van der Waals surface area contributed by atoms with Crippen LogP contribution in [0.2, 0.25) is 0 Å². The zero-order valence-electron chi connectivity index (χ0n) is 10.0. The van der Waals surface area contributed by atoms with E-state index in [-0.39, 0.29) is 11.7 Å². The van der Waals surface area contributed by atoms with E-state index in [2.05, 4.69) is 6.07 Å². The number of Topliss-reactive ketones (excluding diaryl/α,β-unsaturated/α-hetero) is 1. The number of hydrogen-bond acceptors (Lipinski definition) is 3. The van der Waals surface area contributed by atoms with Crippen LogP contribution in [0.15, 0.2) is 24.3 Å². The molecule has 3 nitrogen and oxygen atoms in total. The molecule has 1 fully saturated rings. The first kappa shape index (κ1) is 11.7. The maximum absolute atomic E-state index is 12.0. The molecule has 0 amide bonds. The molecule has 1 aromatic carbocycles. The molecule has 3 atom stereocenters. The van der Waals surface area contributed by atoms with E-state index in [0.29, 0.717) is 5.92 Å². The molecule has 0 spiro atoms. The number of ketones is 1. The summed E-state index contributed by atoms with van der Waals surface area (Å²) >= 11 is 0. The normalized spacial score (nSPS) is 23.6. The maximum Gasteiger partial charge on any atom is 0.157 e. The lowest BCUT2D eigenvalue weighted by atomic mass is 9.93. The van der Waals surface area contributed by atoms with Crippen LogP contribution < -0.4 is 4.74 Å². The van der Waals surface area contributed by atoms with Crippen molar-refractivity contribution in [3.05, 3.63) is 29.8 Å². The van der Waals surface area contributed by atoms with Gasteiger partial charge in [-0.15, -0.1) is 0 Å². The molecule has 3 unspecified atom stereocenters. The maximum atomic E-state index is 12.0. The van der Waals surface area contributed by atoms with Crippen LogP contribution in [0.4, 0.5) is 0 Å². The van der Waals surface area contributed by atoms with Gasteiger partial charge in [-0.05, 0) is 30.0 Å². The zero-order valence-corrected chi connectivity index (χ0v) is 10.0. The number of carbonyl (C=O) groups is 1. The van der Waals surface area contributed by atoms with Crippen LogP contribution in [0.25, 0.3) is 0 Å². The topological polar surface area (TPSA) is 50.1 Å². The summed E-state index contributed by atoms with van der Waals surface area (Å²) in [7, 11) is 1.59. The minimum atomic E-state index is -0.629. The minimum absolute atomic E-state index is 0.0603. The molecule has 1 aromatic rings. The molecule has 1 saturated carbocycles. The molecule has 1 aliphatic rings. The second-order valence-corrected chi connectivity index (χ2v) is 4.56. The SMILES string of the molecule is COc1ccc(C(C#N)C(=O)C2CC2C)cc1. The van der Waals surface area contributed by atoms with Crippen LogP contribution in [0.1, 0.15) is 24.8 Å². The Hall–Kier alpha value is -1.82. The highest BCUT2D eigenvalue weighted by Gasteiger charge is 2.42. The molecular formula is C14H15NO2. The van der Waals surface area contributed by atoms with E-state index in [1.165, 1.54) is 0 Å². The van der Waals surface area contributed by atoms with Crippen molar-refractivity contribution in [1.29, 1.82) is 5.26 Å². The number of rotatable bonds is 4. The van der Waals surface area contributed by atoms with Crippen molar-refractivity contribution in [1.82, 2.24) is 0 Å². The Morgan fingerprint density at radius 1 is 1.47 bits per heavy atom. The smallest absolute Gasteiger partial charge is 0.157 e. The summed E-state index contributed by atoms with van der Waals surface area (Å²) in [6.07, 6.45) is 0.924. The van der Waals surface area contributed by atoms with Gasteiger partial charge in [0.15, 0.2) is 5.78 Å². The first-order chi connectivity index (χ1) is 8.17. The van der Waals surface area contributed by atoms with Gasteiger partial charge in [0, 0.05) is 5.92 Å². The van der Waals surface area contributed by atoms with Crippen molar-refractivity contribution in [3.8, 4) is 11.8 Å². The summed E-state index contributed by atoms with van der Waals surface area (Å²) < 4.78 is 5.05. The fraction of sp³-hybridized carbons (Fsp3) is 0.429. The highest BCUT2D eigenvalue weighted by molar-refractivity contribution is 5.92. The lowest BCUT2D eigenvalue weighted by molar-refractivity contribution is -0.120. The molecule has 17 heavy (non-hydrogen) atoms. The van der Waals surface area contributed by atoms with Gasteiger partial charge in [-0.2, -0.15) is 5.26 Å². The largest absolute Gasteiger partial charge is 0.497 e. The molecule has 0 heterocycles. The predicted molar refractivity (Wildman–Crippen MR) is 63.6 cm³/mol. The summed E-state index contributed by atoms with van der Waals surface area (Å²) in [6.45, 7) is 2.05. The third-order valence-corrected chi connectivity index (χ3v) is 3.34. The zero-order chi connectivity index (χ0) is 12.4. The van der Waals surface area contributed by atoms with Crippen LogP contribution in [-0.4, -0.2) is 12.9 Å². The molecule has 0 N–H and O–H groups in total. The van der Waals surface area contributed by atoms with Crippen LogP contribution in [0.5, 0.6) is 5.75 Å². The van der Waals surface area contributed by atoms with Gasteiger partial charge in [-0.25, -0.2) is 0 Å². The van der Waals surface area contributed by atoms with Crippen molar-refractivity contribution in [2.75, 3.05) is 7.11 Å². The Morgan fingerprint density at radius 3 is 2.47 bits per heavy atom. The predicted octanol–water partition coefficient (Wildman–Crippen LogP) is 2.53. The van der Waals surface area contributed by atoms with E-state index >= 15 is 0 Å². The van der Waals surface area contributed by atoms with Gasteiger partial charge < -0.3 is 4.74 Å². The molecule has 0 aromatic heterocycles. The second kappa shape index (κ2) is 4.58. The van der Waals surface area contributed by atoms with E-state index in [1.807, 2.05) is 6.92 Å². The van der Waals surface area contributed by atoms with Crippen molar-refractivity contribution < 1.29 is 9.53 Å². The standard InChI is InChI=1S/C14H15NO2/c1-9-7-12(9)14(16)13(8-15)10-3-5-11(17-2)6-4-10/h3-6,9,12-13H,7H2,1-2H3. The molecule has 0 saturated heterocycles. The monoisotopic (exact) mass is 229 g/mol. The van der Waals surface area contributed by atoms with Gasteiger partial charge >= 0.3 is 0 Å². The van der Waals surface area contributed by atoms with E-state index in [4.69, 9.17) is 10.00 Å². The van der Waals surface area contributed by atoms with Crippen molar-refractivity contribution >= 4 is 5.78 Å². The first-order valence-corrected chi connectivity index (χ1v) is 5.74. The third kappa shape index (κ3) is 2.31. The van der Waals surface area contributed by atoms with Crippen LogP contribution in [0.3, 0.4) is 0 Å². The molecule has 0 radical (unpaired) electrons. The van der Waals surface area contributed by atoms with Crippen molar-refractivity contribution in [2.24, 2.45) is 11.8 Å². The Labute approximate surface area is 101 Å². The lowest BCUT2D eigenvalue weighted by Gasteiger charge is -2.08. The second-order valence-electron chi connectivity index (χ2n) is 4.56. The fourth-order valence-corrected chi connectivity index (χ4v) is 2.03. The molecule has 1 aliphatic carbocycles. The van der Waals surface area contributed by atoms with Crippen LogP contribution in [-0.2, 0) is 4.79 Å². The summed E-state index contributed by atoms with van der Waals surface area (Å²) in [4.78, 5) is 12.0. The lowest BCUT2D eigenvalue weighted by Crippen LogP contribution is -2.13. The minimum Gasteiger partial charge on any atom is -0.497 e. The molecule has 88 valence electrons. The van der Waals surface area contributed by atoms with Crippen LogP contribution >= 0.6 is 0 Å². The van der Waals surface area contributed by atoms with Gasteiger partial charge in [-0.3, -0.25) is 4.79 Å². The van der Waals surface area contributed by atoms with Crippen molar-refractivity contribution in [2.45, 2.75) is 19.3 Å². The van der Waals surface area contributed by atoms with Gasteiger partial charge in [0.25, 0.3) is 0 Å². The number of hydrogen-bond donors (Lipinski definition) is 0. The van der Waals surface area contributed by atoms with Gasteiger partial charge in [0.05, 0.1) is 13.2 Å². The molecule has 2 rings (SSSR count). The Bertz CT molecular complexity index is 458. The van der Waals surface area contributed by atoms with E-state index < -0.39 is 5.92 Å². The Kier molecular flexibility index (Phi) is 3.14. The first-order valence-electron chi connectivity index (χ1n) is 5.74. The summed E-state index contributed by atoms with van der Waals surface area (Å²) in [6, 6.07) is 9.25. The number of nitriles is 1. The Balaban J connectivity index is 2.17. The van der Waals surface area contributed by atoms with E-state index in [1.54, 1.807) is 31.4 Å². The molecular weight excluding hydrogens is 214 g/mol. The average Bonchev–Trinajstić information content (AvgIpc) is 3.08. The number of carbonyl (C=O) groups excluding carboxylic acids is 1. The summed E-state index contributed by atoms with van der Waals surface area (Å²) in [5, 5.41) is 9.14. The molecule has 0 aliphatic heterocycles. The summed E-state index contributed by atoms with van der Waals surface area (Å²) in [5.41, 5.74) is 0.761. The average molecular weight is 229 g/mol. The number of ether oxygens (including phenoxy) is 1. The number of nitrogens with zero attached hydrogens (tertiary/aromatic N) is 1. The quantitative estimate of drug-likeness (QED) is 0.797. The van der Waals surface area contributed by atoms with Crippen molar-refractivity contribution in [3.63, 3.8) is 0 Å². The third-order valence-electron chi connectivity index (χ3n) is 3.34. The number of methoxy groups -OCH3 is 1. The highest BCUT2D eigenvalue weighted by Crippen LogP contribution is 2.41. The van der Waals surface area contributed by atoms with E-state index in [0.717, 1.165) is 17.7 Å². The van der Waals surface area contributed by atoms with Gasteiger partial charge in [0.2, 0.25) is 0 Å². The fourth-order valence-electron chi connectivity index (χ4n) is 2.03. The highest BCUT2D eigenvalue weighted by atomic mass is 16.5. The van der Waals surface area contributed by atoms with Crippen LogP contribution in [0, 0.1) is 23.2 Å². The number of benzene rings is 1. The summed E-state index contributed by atoms with van der Waals surface area (Å²) in [5.74, 6) is 0.692.